The molecule has 1 saturated carbocycles. The third-order valence-electron chi connectivity index (χ3n) is 4.26. The molecule has 0 radical (unpaired) electrons. The van der Waals surface area contributed by atoms with Gasteiger partial charge in [0.2, 0.25) is 0 Å². The Bertz CT molecular complexity index is 430. The lowest BCUT2D eigenvalue weighted by Gasteiger charge is -2.35. The van der Waals surface area contributed by atoms with E-state index in [2.05, 4.69) is 12.2 Å². The molecule has 4 heteroatoms. The third kappa shape index (κ3) is 3.38. The van der Waals surface area contributed by atoms with E-state index in [4.69, 9.17) is 4.42 Å². The molecule has 1 amide bonds. The van der Waals surface area contributed by atoms with Crippen LogP contribution in [0.15, 0.2) is 16.7 Å². The summed E-state index contributed by atoms with van der Waals surface area (Å²) in [5, 5.41) is 13.2. The fourth-order valence-corrected chi connectivity index (χ4v) is 2.73. The normalized spacial score (nSPS) is 27.2. The topological polar surface area (TPSA) is 62.5 Å². The molecule has 0 saturated heterocycles. The highest BCUT2D eigenvalue weighted by Gasteiger charge is 2.33. The predicted octanol–water partition coefficient (Wildman–Crippen LogP) is 2.65. The standard InChI is InChI=1S/C15H23NO3/c1-3-12-4-7-15(18,8-5-12)10-16-14(17)13-11(2)6-9-19-13/h6,9,12,18H,3-5,7-8,10H2,1-2H3,(H,16,17). The smallest absolute Gasteiger partial charge is 0.287 e. The number of nitrogens with one attached hydrogen (secondary N) is 1. The highest BCUT2D eigenvalue weighted by atomic mass is 16.3. The van der Waals surface area contributed by atoms with Crippen LogP contribution >= 0.6 is 0 Å². The fourth-order valence-electron chi connectivity index (χ4n) is 2.73. The quantitative estimate of drug-likeness (QED) is 0.879. The molecule has 0 aliphatic heterocycles. The fraction of sp³-hybridized carbons (Fsp3) is 0.667. The summed E-state index contributed by atoms with van der Waals surface area (Å²) in [5.74, 6) is 0.822. The zero-order chi connectivity index (χ0) is 13.9. The molecule has 4 nitrogen and oxygen atoms in total. The number of hydrogen-bond acceptors (Lipinski definition) is 3. The molecule has 0 atom stereocenters. The molecule has 2 N–H and O–H groups in total. The van der Waals surface area contributed by atoms with Crippen molar-refractivity contribution in [1.82, 2.24) is 5.32 Å². The van der Waals surface area contributed by atoms with Crippen molar-refractivity contribution < 1.29 is 14.3 Å². The van der Waals surface area contributed by atoms with E-state index in [0.29, 0.717) is 12.3 Å². The second kappa shape index (κ2) is 5.78. The van der Waals surface area contributed by atoms with Crippen LogP contribution in [0.4, 0.5) is 0 Å². The first-order valence-corrected chi connectivity index (χ1v) is 7.09. The largest absolute Gasteiger partial charge is 0.459 e. The first-order valence-electron chi connectivity index (χ1n) is 7.09. The number of carbonyl (C=O) groups excluding carboxylic acids is 1. The highest BCUT2D eigenvalue weighted by Crippen LogP contribution is 2.33. The molecular formula is C15H23NO3. The van der Waals surface area contributed by atoms with E-state index in [0.717, 1.165) is 37.2 Å². The lowest BCUT2D eigenvalue weighted by molar-refractivity contribution is -0.00805. The van der Waals surface area contributed by atoms with Gasteiger partial charge >= 0.3 is 0 Å². The molecule has 1 aromatic rings. The summed E-state index contributed by atoms with van der Waals surface area (Å²) in [7, 11) is 0. The molecule has 0 aromatic carbocycles. The average molecular weight is 265 g/mol. The van der Waals surface area contributed by atoms with Gasteiger partial charge in [0, 0.05) is 12.1 Å². The van der Waals surface area contributed by atoms with Crippen molar-refractivity contribution in [2.24, 2.45) is 5.92 Å². The molecule has 1 aliphatic rings. The molecule has 0 unspecified atom stereocenters. The zero-order valence-electron chi connectivity index (χ0n) is 11.7. The van der Waals surface area contributed by atoms with Gasteiger partial charge in [-0.25, -0.2) is 0 Å². The Morgan fingerprint density at radius 2 is 2.21 bits per heavy atom. The number of aryl methyl sites for hydroxylation is 1. The maximum Gasteiger partial charge on any atom is 0.287 e. The van der Waals surface area contributed by atoms with Crippen molar-refractivity contribution in [2.75, 3.05) is 6.54 Å². The SMILES string of the molecule is CCC1CCC(O)(CNC(=O)c2occc2C)CC1. The van der Waals surface area contributed by atoms with Crippen LogP contribution in [0, 0.1) is 12.8 Å². The maximum absolute atomic E-state index is 11.9. The first-order chi connectivity index (χ1) is 9.04. The van der Waals surface area contributed by atoms with E-state index in [-0.39, 0.29) is 5.91 Å². The van der Waals surface area contributed by atoms with E-state index < -0.39 is 5.60 Å². The van der Waals surface area contributed by atoms with Gasteiger partial charge in [0.1, 0.15) is 0 Å². The van der Waals surface area contributed by atoms with Crippen LogP contribution in [0.1, 0.15) is 55.1 Å². The number of furan rings is 1. The number of amides is 1. The van der Waals surface area contributed by atoms with Gasteiger partial charge in [-0.3, -0.25) is 4.79 Å². The van der Waals surface area contributed by atoms with Gasteiger partial charge in [0.15, 0.2) is 5.76 Å². The van der Waals surface area contributed by atoms with Crippen LogP contribution in [0.25, 0.3) is 0 Å². The van der Waals surface area contributed by atoms with E-state index in [1.54, 1.807) is 6.07 Å². The summed E-state index contributed by atoms with van der Waals surface area (Å²) >= 11 is 0. The molecule has 2 rings (SSSR count). The summed E-state index contributed by atoms with van der Waals surface area (Å²) in [6.45, 7) is 4.33. The molecule has 106 valence electrons. The lowest BCUT2D eigenvalue weighted by Crippen LogP contribution is -2.45. The van der Waals surface area contributed by atoms with Crippen molar-refractivity contribution >= 4 is 5.91 Å². The van der Waals surface area contributed by atoms with Crippen LogP contribution in [0.5, 0.6) is 0 Å². The Balaban J connectivity index is 1.85. The summed E-state index contributed by atoms with van der Waals surface area (Å²) in [5.41, 5.74) is 0.0705. The number of hydrogen-bond donors (Lipinski definition) is 2. The molecule has 1 heterocycles. The minimum Gasteiger partial charge on any atom is -0.459 e. The van der Waals surface area contributed by atoms with Crippen LogP contribution in [-0.4, -0.2) is 23.2 Å². The molecule has 1 aliphatic carbocycles. The molecule has 0 spiro atoms. The van der Waals surface area contributed by atoms with Crippen LogP contribution in [0.3, 0.4) is 0 Å². The van der Waals surface area contributed by atoms with Crippen molar-refractivity contribution in [3.63, 3.8) is 0 Å². The van der Waals surface area contributed by atoms with E-state index in [9.17, 15) is 9.90 Å². The Morgan fingerprint density at radius 3 is 2.74 bits per heavy atom. The van der Waals surface area contributed by atoms with Gasteiger partial charge < -0.3 is 14.8 Å². The van der Waals surface area contributed by atoms with Crippen LogP contribution in [0.2, 0.25) is 0 Å². The first kappa shape index (κ1) is 14.1. The summed E-state index contributed by atoms with van der Waals surface area (Å²) in [6, 6.07) is 1.76. The second-order valence-electron chi connectivity index (χ2n) is 5.69. The maximum atomic E-state index is 11.9. The van der Waals surface area contributed by atoms with Crippen LogP contribution < -0.4 is 5.32 Å². The van der Waals surface area contributed by atoms with Gasteiger partial charge in [-0.05, 0) is 44.6 Å². The molecule has 1 fully saturated rings. The monoisotopic (exact) mass is 265 g/mol. The van der Waals surface area contributed by atoms with Gasteiger partial charge in [0.05, 0.1) is 11.9 Å². The van der Waals surface area contributed by atoms with Crippen LogP contribution in [-0.2, 0) is 0 Å². The zero-order valence-corrected chi connectivity index (χ0v) is 11.7. The van der Waals surface area contributed by atoms with E-state index in [1.165, 1.54) is 12.7 Å². The minimum absolute atomic E-state index is 0.242. The lowest BCUT2D eigenvalue weighted by atomic mass is 9.78. The summed E-state index contributed by atoms with van der Waals surface area (Å²) < 4.78 is 5.14. The molecular weight excluding hydrogens is 242 g/mol. The Labute approximate surface area is 114 Å². The van der Waals surface area contributed by atoms with Gasteiger partial charge in [-0.15, -0.1) is 0 Å². The molecule has 19 heavy (non-hydrogen) atoms. The van der Waals surface area contributed by atoms with E-state index in [1.807, 2.05) is 6.92 Å². The van der Waals surface area contributed by atoms with Gasteiger partial charge in [-0.1, -0.05) is 13.3 Å². The molecule has 1 aromatic heterocycles. The Morgan fingerprint density at radius 1 is 1.53 bits per heavy atom. The Hall–Kier alpha value is -1.29. The minimum atomic E-state index is -0.748. The van der Waals surface area contributed by atoms with Gasteiger partial charge in [0.25, 0.3) is 5.91 Å². The van der Waals surface area contributed by atoms with Crippen molar-refractivity contribution in [2.45, 2.75) is 51.6 Å². The summed E-state index contributed by atoms with van der Waals surface area (Å²) in [4.78, 5) is 11.9. The number of rotatable bonds is 4. The second-order valence-corrected chi connectivity index (χ2v) is 5.69. The average Bonchev–Trinajstić information content (AvgIpc) is 2.83. The van der Waals surface area contributed by atoms with Crippen molar-refractivity contribution in [3.05, 3.63) is 23.7 Å². The number of carbonyl (C=O) groups is 1. The van der Waals surface area contributed by atoms with Crippen molar-refractivity contribution in [3.8, 4) is 0 Å². The molecule has 0 bridgehead atoms. The Kier molecular flexibility index (Phi) is 4.30. The predicted molar refractivity (Wildman–Crippen MR) is 73.0 cm³/mol. The summed E-state index contributed by atoms with van der Waals surface area (Å²) in [6.07, 6.45) is 6.30. The van der Waals surface area contributed by atoms with Crippen molar-refractivity contribution in [1.29, 1.82) is 0 Å². The third-order valence-corrected chi connectivity index (χ3v) is 4.26. The number of aliphatic hydroxyl groups is 1. The van der Waals surface area contributed by atoms with E-state index >= 15 is 0 Å². The highest BCUT2D eigenvalue weighted by molar-refractivity contribution is 5.92. The van der Waals surface area contributed by atoms with Gasteiger partial charge in [-0.2, -0.15) is 0 Å².